The fraction of sp³-hybridized carbons (Fsp3) is 0.300. The fourth-order valence-corrected chi connectivity index (χ4v) is 5.21. The third-order valence-electron chi connectivity index (χ3n) is 5.16. The molecule has 1 aliphatic rings. The summed E-state index contributed by atoms with van der Waals surface area (Å²) in [4.78, 5) is -0.417. The van der Waals surface area contributed by atoms with Crippen LogP contribution in [0.2, 0.25) is 0 Å². The summed E-state index contributed by atoms with van der Waals surface area (Å²) < 4.78 is 55.2. The van der Waals surface area contributed by atoms with Crippen molar-refractivity contribution in [2.45, 2.75) is 24.2 Å². The molecule has 0 saturated carbocycles. The molecule has 142 valence electrons. The molecule has 0 unspecified atom stereocenters. The Bertz CT molecular complexity index is 1090. The highest BCUT2D eigenvalue weighted by Crippen LogP contribution is 2.30. The van der Waals surface area contributed by atoms with Crippen LogP contribution in [0.4, 0.5) is 8.78 Å². The maximum atomic E-state index is 14.2. The van der Waals surface area contributed by atoms with Gasteiger partial charge in [-0.25, -0.2) is 21.2 Å². The van der Waals surface area contributed by atoms with Crippen LogP contribution in [0.3, 0.4) is 0 Å². The third kappa shape index (κ3) is 3.37. The number of nitrogens with one attached hydrogen (secondary N) is 1. The zero-order valence-electron chi connectivity index (χ0n) is 14.7. The molecule has 2 heterocycles. The standard InChI is InChI=1S/C20H20F2N2O2S/c21-16-5-6-17-15(11-14-7-9-23-10-8-14)13-24(19(17)12-16)27(25,26)20-4-2-1-3-18(20)22/h1-6,12-14,23H,7-11H2. The number of fused-ring (bicyclic) bond motifs is 1. The van der Waals surface area contributed by atoms with E-state index in [-0.39, 0.29) is 5.52 Å². The van der Waals surface area contributed by atoms with E-state index >= 15 is 0 Å². The maximum Gasteiger partial charge on any atom is 0.271 e. The van der Waals surface area contributed by atoms with Gasteiger partial charge in [0.05, 0.1) is 5.52 Å². The quantitative estimate of drug-likeness (QED) is 0.739. The Morgan fingerprint density at radius 1 is 1.07 bits per heavy atom. The van der Waals surface area contributed by atoms with Gasteiger partial charge in [-0.15, -0.1) is 0 Å². The first-order valence-corrected chi connectivity index (χ1v) is 10.4. The van der Waals surface area contributed by atoms with Crippen LogP contribution in [-0.4, -0.2) is 25.5 Å². The predicted molar refractivity (Wildman–Crippen MR) is 100 cm³/mol. The van der Waals surface area contributed by atoms with Crippen molar-refractivity contribution < 1.29 is 17.2 Å². The first-order chi connectivity index (χ1) is 13.0. The van der Waals surface area contributed by atoms with Crippen molar-refractivity contribution in [3.8, 4) is 0 Å². The monoisotopic (exact) mass is 390 g/mol. The average Bonchev–Trinajstić information content (AvgIpc) is 3.01. The molecule has 1 saturated heterocycles. The lowest BCUT2D eigenvalue weighted by Crippen LogP contribution is -2.28. The number of rotatable bonds is 4. The Balaban J connectivity index is 1.85. The molecule has 0 radical (unpaired) electrons. The molecule has 1 fully saturated rings. The third-order valence-corrected chi connectivity index (χ3v) is 6.86. The number of aromatic nitrogens is 1. The largest absolute Gasteiger partial charge is 0.317 e. The van der Waals surface area contributed by atoms with Crippen LogP contribution in [0, 0.1) is 17.6 Å². The molecule has 0 bridgehead atoms. The first kappa shape index (κ1) is 18.1. The number of hydrogen-bond acceptors (Lipinski definition) is 3. The molecule has 1 N–H and O–H groups in total. The van der Waals surface area contributed by atoms with Crippen LogP contribution < -0.4 is 5.32 Å². The van der Waals surface area contributed by atoms with Crippen LogP contribution >= 0.6 is 0 Å². The fourth-order valence-electron chi connectivity index (χ4n) is 3.76. The molecule has 1 aliphatic heterocycles. The van der Waals surface area contributed by atoms with Gasteiger partial charge in [0.2, 0.25) is 0 Å². The van der Waals surface area contributed by atoms with E-state index in [0.717, 1.165) is 41.5 Å². The van der Waals surface area contributed by atoms with Crippen molar-refractivity contribution in [1.82, 2.24) is 9.29 Å². The lowest BCUT2D eigenvalue weighted by Gasteiger charge is -2.22. The minimum absolute atomic E-state index is 0.238. The summed E-state index contributed by atoms with van der Waals surface area (Å²) in [5.41, 5.74) is 1.08. The van der Waals surface area contributed by atoms with Crippen LogP contribution in [0.1, 0.15) is 18.4 Å². The Morgan fingerprint density at radius 2 is 1.81 bits per heavy atom. The van der Waals surface area contributed by atoms with Crippen molar-refractivity contribution in [1.29, 1.82) is 0 Å². The van der Waals surface area contributed by atoms with E-state index in [9.17, 15) is 17.2 Å². The van der Waals surface area contributed by atoms with Crippen LogP contribution in [0.15, 0.2) is 53.6 Å². The second-order valence-electron chi connectivity index (χ2n) is 6.94. The molecule has 27 heavy (non-hydrogen) atoms. The average molecular weight is 390 g/mol. The van der Waals surface area contributed by atoms with Gasteiger partial charge >= 0.3 is 0 Å². The lowest BCUT2D eigenvalue weighted by molar-refractivity contribution is 0.373. The zero-order chi connectivity index (χ0) is 19.0. The van der Waals surface area contributed by atoms with Gasteiger partial charge in [0.25, 0.3) is 10.0 Å². The summed E-state index contributed by atoms with van der Waals surface area (Å²) >= 11 is 0. The van der Waals surface area contributed by atoms with E-state index in [1.807, 2.05) is 0 Å². The molecule has 0 atom stereocenters. The number of benzene rings is 2. The normalized spacial score (nSPS) is 16.1. The minimum atomic E-state index is -4.17. The summed E-state index contributed by atoms with van der Waals surface area (Å²) in [5.74, 6) is -0.916. The highest BCUT2D eigenvalue weighted by molar-refractivity contribution is 7.90. The molecule has 7 heteroatoms. The highest BCUT2D eigenvalue weighted by Gasteiger charge is 2.25. The van der Waals surface area contributed by atoms with Crippen molar-refractivity contribution in [2.75, 3.05) is 13.1 Å². The van der Waals surface area contributed by atoms with Crippen molar-refractivity contribution in [2.24, 2.45) is 5.92 Å². The van der Waals surface area contributed by atoms with Gasteiger partial charge in [-0.3, -0.25) is 0 Å². The molecular formula is C20H20F2N2O2S. The number of piperidine rings is 1. The maximum absolute atomic E-state index is 14.2. The summed E-state index contributed by atoms with van der Waals surface area (Å²) in [6, 6.07) is 9.36. The summed E-state index contributed by atoms with van der Waals surface area (Å²) in [6.07, 6.45) is 4.25. The molecule has 4 rings (SSSR count). The van der Waals surface area contributed by atoms with Gasteiger partial charge < -0.3 is 5.32 Å². The van der Waals surface area contributed by atoms with Gasteiger partial charge in [-0.05, 0) is 74.2 Å². The van der Waals surface area contributed by atoms with Gasteiger partial charge in [0, 0.05) is 11.6 Å². The van der Waals surface area contributed by atoms with Gasteiger partial charge in [0.1, 0.15) is 16.5 Å². The smallest absolute Gasteiger partial charge is 0.271 e. The van der Waals surface area contributed by atoms with Gasteiger partial charge in [-0.1, -0.05) is 12.1 Å². The highest BCUT2D eigenvalue weighted by atomic mass is 32.2. The van der Waals surface area contributed by atoms with E-state index in [0.29, 0.717) is 17.7 Å². The van der Waals surface area contributed by atoms with Gasteiger partial charge in [0.15, 0.2) is 0 Å². The van der Waals surface area contributed by atoms with E-state index in [4.69, 9.17) is 0 Å². The molecule has 0 aliphatic carbocycles. The Hall–Kier alpha value is -2.25. The topological polar surface area (TPSA) is 51.1 Å². The zero-order valence-corrected chi connectivity index (χ0v) is 15.5. The number of nitrogens with zero attached hydrogens (tertiary/aromatic N) is 1. The van der Waals surface area contributed by atoms with Crippen LogP contribution in [0.25, 0.3) is 10.9 Å². The first-order valence-electron chi connectivity index (χ1n) is 8.97. The summed E-state index contributed by atoms with van der Waals surface area (Å²) in [5, 5.41) is 4.00. The molecular weight excluding hydrogens is 370 g/mol. The second-order valence-corrected chi connectivity index (χ2v) is 8.73. The van der Waals surface area contributed by atoms with Crippen molar-refractivity contribution in [3.63, 3.8) is 0 Å². The van der Waals surface area contributed by atoms with E-state index < -0.39 is 26.6 Å². The summed E-state index contributed by atoms with van der Waals surface area (Å²) in [6.45, 7) is 1.87. The molecule has 1 aromatic heterocycles. The van der Waals surface area contributed by atoms with E-state index in [1.54, 1.807) is 6.07 Å². The number of hydrogen-bond donors (Lipinski definition) is 1. The van der Waals surface area contributed by atoms with Gasteiger partial charge in [-0.2, -0.15) is 0 Å². The second kappa shape index (κ2) is 7.05. The van der Waals surface area contributed by atoms with Crippen LogP contribution in [0.5, 0.6) is 0 Å². The summed E-state index contributed by atoms with van der Waals surface area (Å²) in [7, 11) is -4.17. The lowest BCUT2D eigenvalue weighted by atomic mass is 9.91. The molecule has 3 aromatic rings. The molecule has 0 spiro atoms. The molecule has 4 nitrogen and oxygen atoms in total. The van der Waals surface area contributed by atoms with E-state index in [1.165, 1.54) is 36.5 Å². The predicted octanol–water partition coefficient (Wildman–Crippen LogP) is 3.70. The molecule has 0 amide bonds. The van der Waals surface area contributed by atoms with Crippen molar-refractivity contribution in [3.05, 3.63) is 65.9 Å². The minimum Gasteiger partial charge on any atom is -0.317 e. The Morgan fingerprint density at radius 3 is 2.56 bits per heavy atom. The molecule has 2 aromatic carbocycles. The Kier molecular flexibility index (Phi) is 4.74. The SMILES string of the molecule is O=S(=O)(c1ccccc1F)n1cc(CC2CCNCC2)c2ccc(F)cc21. The van der Waals surface area contributed by atoms with Crippen LogP contribution in [-0.2, 0) is 16.4 Å². The number of halogens is 2. The Labute approximate surface area is 156 Å². The van der Waals surface area contributed by atoms with Crippen molar-refractivity contribution >= 4 is 20.9 Å². The van der Waals surface area contributed by atoms with E-state index in [2.05, 4.69) is 5.32 Å².